The van der Waals surface area contributed by atoms with Crippen LogP contribution in [0.3, 0.4) is 0 Å². The Morgan fingerprint density at radius 3 is 2.59 bits per heavy atom. The van der Waals surface area contributed by atoms with Crippen LogP contribution in [-0.2, 0) is 17.9 Å². The van der Waals surface area contributed by atoms with E-state index in [1.165, 1.54) is 0 Å². The summed E-state index contributed by atoms with van der Waals surface area (Å²) in [6.07, 6.45) is 0.169. The van der Waals surface area contributed by atoms with Gasteiger partial charge in [-0.2, -0.15) is 0 Å². The van der Waals surface area contributed by atoms with Gasteiger partial charge in [0.05, 0.1) is 0 Å². The van der Waals surface area contributed by atoms with E-state index in [1.54, 1.807) is 18.0 Å². The summed E-state index contributed by atoms with van der Waals surface area (Å²) in [5.74, 6) is 1.86. The number of fused-ring (bicyclic) bond motifs is 1. The second kappa shape index (κ2) is 11.1. The summed E-state index contributed by atoms with van der Waals surface area (Å²) in [4.78, 5) is 26.1. The minimum Gasteiger partial charge on any atom is -0.489 e. The average molecular weight is 462 g/mol. The maximum atomic E-state index is 12.3. The highest BCUT2D eigenvalue weighted by Gasteiger charge is 2.14. The average Bonchev–Trinajstić information content (AvgIpc) is 3.31. The standard InChI is InChI=1S/C26H27N3O5/c1-29(16-19-6-3-2-4-7-19)26(31)27-13-12-25(30)28-21-9-5-8-20(14-21)17-32-22-10-11-23-24(15-22)34-18-33-23/h2-11,14-15H,12-13,16-18H2,1H3,(H,27,31)(H,28,30). The van der Waals surface area contributed by atoms with Gasteiger partial charge in [-0.25, -0.2) is 4.79 Å². The van der Waals surface area contributed by atoms with Crippen molar-refractivity contribution < 1.29 is 23.8 Å². The molecule has 0 aliphatic carbocycles. The number of nitrogens with zero attached hydrogens (tertiary/aromatic N) is 1. The van der Waals surface area contributed by atoms with Gasteiger partial charge in [0.25, 0.3) is 0 Å². The molecule has 0 fully saturated rings. The van der Waals surface area contributed by atoms with Crippen LogP contribution in [0.5, 0.6) is 17.2 Å². The van der Waals surface area contributed by atoms with Crippen LogP contribution in [-0.4, -0.2) is 37.2 Å². The molecule has 3 aromatic carbocycles. The lowest BCUT2D eigenvalue weighted by Crippen LogP contribution is -2.38. The van der Waals surface area contributed by atoms with Crippen molar-refractivity contribution >= 4 is 17.6 Å². The highest BCUT2D eigenvalue weighted by molar-refractivity contribution is 5.91. The van der Waals surface area contributed by atoms with Crippen LogP contribution in [0.2, 0.25) is 0 Å². The summed E-state index contributed by atoms with van der Waals surface area (Å²) < 4.78 is 16.5. The van der Waals surface area contributed by atoms with Gasteiger partial charge in [0.2, 0.25) is 12.7 Å². The van der Waals surface area contributed by atoms with Crippen LogP contribution in [0.1, 0.15) is 17.5 Å². The highest BCUT2D eigenvalue weighted by atomic mass is 16.7. The van der Waals surface area contributed by atoms with E-state index in [9.17, 15) is 9.59 Å². The molecule has 1 aliphatic rings. The molecule has 8 nitrogen and oxygen atoms in total. The third-order valence-electron chi connectivity index (χ3n) is 5.20. The Morgan fingerprint density at radius 2 is 1.74 bits per heavy atom. The zero-order valence-corrected chi connectivity index (χ0v) is 19.0. The van der Waals surface area contributed by atoms with Crippen molar-refractivity contribution in [2.24, 2.45) is 0 Å². The first-order chi connectivity index (χ1) is 16.6. The van der Waals surface area contributed by atoms with Gasteiger partial charge in [-0.1, -0.05) is 42.5 Å². The zero-order valence-electron chi connectivity index (χ0n) is 19.0. The van der Waals surface area contributed by atoms with Crippen molar-refractivity contribution in [3.8, 4) is 17.2 Å². The molecular weight excluding hydrogens is 434 g/mol. The van der Waals surface area contributed by atoms with E-state index >= 15 is 0 Å². The summed E-state index contributed by atoms with van der Waals surface area (Å²) >= 11 is 0. The summed E-state index contributed by atoms with van der Waals surface area (Å²) in [5.41, 5.74) is 2.62. The molecule has 0 unspecified atom stereocenters. The molecule has 0 radical (unpaired) electrons. The first-order valence-corrected chi connectivity index (χ1v) is 11.0. The number of benzene rings is 3. The fourth-order valence-electron chi connectivity index (χ4n) is 3.44. The molecule has 176 valence electrons. The Hall–Kier alpha value is -4.20. The minimum atomic E-state index is -0.223. The van der Waals surface area contributed by atoms with Gasteiger partial charge in [-0.3, -0.25) is 4.79 Å². The van der Waals surface area contributed by atoms with Crippen molar-refractivity contribution in [1.82, 2.24) is 10.2 Å². The van der Waals surface area contributed by atoms with Crippen LogP contribution in [0.15, 0.2) is 72.8 Å². The second-order valence-electron chi connectivity index (χ2n) is 7.88. The van der Waals surface area contributed by atoms with Crippen molar-refractivity contribution in [2.75, 3.05) is 25.7 Å². The Bertz CT molecular complexity index is 1140. The van der Waals surface area contributed by atoms with E-state index in [4.69, 9.17) is 14.2 Å². The fraction of sp³-hybridized carbons (Fsp3) is 0.231. The van der Waals surface area contributed by atoms with E-state index in [0.717, 1.165) is 11.1 Å². The number of rotatable bonds is 9. The summed E-state index contributed by atoms with van der Waals surface area (Å²) in [6.45, 7) is 1.30. The van der Waals surface area contributed by atoms with Gasteiger partial charge in [0.1, 0.15) is 12.4 Å². The summed E-state index contributed by atoms with van der Waals surface area (Å²) in [7, 11) is 1.72. The van der Waals surface area contributed by atoms with Gasteiger partial charge in [0.15, 0.2) is 11.5 Å². The summed E-state index contributed by atoms with van der Waals surface area (Å²) in [5, 5.41) is 5.64. The maximum absolute atomic E-state index is 12.3. The van der Waals surface area contributed by atoms with E-state index in [0.29, 0.717) is 36.1 Å². The number of nitrogens with one attached hydrogen (secondary N) is 2. The van der Waals surface area contributed by atoms with Crippen LogP contribution in [0, 0.1) is 0 Å². The minimum absolute atomic E-state index is 0.169. The van der Waals surface area contributed by atoms with Gasteiger partial charge in [0, 0.05) is 38.3 Å². The van der Waals surface area contributed by atoms with E-state index in [-0.39, 0.29) is 31.7 Å². The first kappa shape index (κ1) is 23.0. The molecule has 4 rings (SSSR count). The lowest BCUT2D eigenvalue weighted by Gasteiger charge is -2.18. The number of carbonyl (C=O) groups excluding carboxylic acids is 2. The number of hydrogen-bond acceptors (Lipinski definition) is 5. The number of ether oxygens (including phenoxy) is 3. The monoisotopic (exact) mass is 461 g/mol. The van der Waals surface area contributed by atoms with E-state index < -0.39 is 0 Å². The Morgan fingerprint density at radius 1 is 0.941 bits per heavy atom. The largest absolute Gasteiger partial charge is 0.489 e. The lowest BCUT2D eigenvalue weighted by molar-refractivity contribution is -0.116. The molecule has 1 aliphatic heterocycles. The molecular formula is C26H27N3O5. The molecule has 0 atom stereocenters. The molecule has 0 aromatic heterocycles. The quantitative estimate of drug-likeness (QED) is 0.499. The Balaban J connectivity index is 1.19. The third kappa shape index (κ3) is 6.41. The number of anilines is 1. The van der Waals surface area contributed by atoms with E-state index in [1.807, 2.05) is 66.7 Å². The Labute approximate surface area is 198 Å². The molecule has 1 heterocycles. The fourth-order valence-corrected chi connectivity index (χ4v) is 3.44. The van der Waals surface area contributed by atoms with Crippen LogP contribution in [0.4, 0.5) is 10.5 Å². The first-order valence-electron chi connectivity index (χ1n) is 11.0. The highest BCUT2D eigenvalue weighted by Crippen LogP contribution is 2.35. The maximum Gasteiger partial charge on any atom is 0.317 e. The smallest absolute Gasteiger partial charge is 0.317 e. The molecule has 0 bridgehead atoms. The van der Waals surface area contributed by atoms with Gasteiger partial charge in [-0.05, 0) is 35.4 Å². The lowest BCUT2D eigenvalue weighted by atomic mass is 10.2. The SMILES string of the molecule is CN(Cc1ccccc1)C(=O)NCCC(=O)Nc1cccc(COc2ccc3c(c2)OCO3)c1. The molecule has 2 N–H and O–H groups in total. The Kier molecular flexibility index (Phi) is 7.49. The number of carbonyl (C=O) groups is 2. The number of amides is 3. The predicted octanol–water partition coefficient (Wildman–Crippen LogP) is 4.16. The normalized spacial score (nSPS) is 11.6. The van der Waals surface area contributed by atoms with Crippen molar-refractivity contribution in [1.29, 1.82) is 0 Å². The number of urea groups is 1. The summed E-state index contributed by atoms with van der Waals surface area (Å²) in [6, 6.07) is 22.4. The van der Waals surface area contributed by atoms with E-state index in [2.05, 4.69) is 10.6 Å². The van der Waals surface area contributed by atoms with Crippen LogP contribution >= 0.6 is 0 Å². The van der Waals surface area contributed by atoms with Crippen LogP contribution in [0.25, 0.3) is 0 Å². The zero-order chi connectivity index (χ0) is 23.8. The van der Waals surface area contributed by atoms with Crippen molar-refractivity contribution in [2.45, 2.75) is 19.6 Å². The molecule has 3 aromatic rings. The van der Waals surface area contributed by atoms with Crippen LogP contribution < -0.4 is 24.8 Å². The molecule has 8 heteroatoms. The molecule has 34 heavy (non-hydrogen) atoms. The topological polar surface area (TPSA) is 89.1 Å². The molecule has 3 amide bonds. The van der Waals surface area contributed by atoms with Crippen molar-refractivity contribution in [3.63, 3.8) is 0 Å². The molecule has 0 saturated carbocycles. The van der Waals surface area contributed by atoms with Gasteiger partial charge >= 0.3 is 6.03 Å². The van der Waals surface area contributed by atoms with Gasteiger partial charge < -0.3 is 29.7 Å². The predicted molar refractivity (Wildman–Crippen MR) is 128 cm³/mol. The van der Waals surface area contributed by atoms with Crippen molar-refractivity contribution in [3.05, 3.63) is 83.9 Å². The molecule has 0 saturated heterocycles. The second-order valence-corrected chi connectivity index (χ2v) is 7.88. The third-order valence-corrected chi connectivity index (χ3v) is 5.20. The van der Waals surface area contributed by atoms with Gasteiger partial charge in [-0.15, -0.1) is 0 Å². The number of hydrogen-bond donors (Lipinski definition) is 2. The molecule has 0 spiro atoms.